The number of ether oxygens (including phenoxy) is 1. The summed E-state index contributed by atoms with van der Waals surface area (Å²) in [6, 6.07) is 6.37. The Morgan fingerprint density at radius 3 is 2.68 bits per heavy atom. The Hall–Kier alpha value is -2.01. The smallest absolute Gasteiger partial charge is 0.216 e. The van der Waals surface area contributed by atoms with Crippen molar-refractivity contribution in [1.82, 2.24) is 15.3 Å². The average molecular weight is 261 g/mol. The minimum Gasteiger partial charge on any atom is -0.481 e. The zero-order valence-electron chi connectivity index (χ0n) is 11.1. The summed E-state index contributed by atoms with van der Waals surface area (Å²) in [6.07, 6.45) is 1.46. The fraction of sp³-hybridized carbons (Fsp3) is 0.286. The van der Waals surface area contributed by atoms with E-state index in [1.54, 1.807) is 19.2 Å². The van der Waals surface area contributed by atoms with E-state index in [4.69, 9.17) is 4.74 Å². The van der Waals surface area contributed by atoms with Gasteiger partial charge in [0.15, 0.2) is 0 Å². The van der Waals surface area contributed by atoms with Gasteiger partial charge in [0.1, 0.15) is 12.1 Å². The monoisotopic (exact) mass is 261 g/mol. The van der Waals surface area contributed by atoms with Crippen molar-refractivity contribution < 1.29 is 9.13 Å². The van der Waals surface area contributed by atoms with Crippen LogP contribution in [0.3, 0.4) is 0 Å². The predicted octanol–water partition coefficient (Wildman–Crippen LogP) is 2.24. The Balaban J connectivity index is 2.43. The van der Waals surface area contributed by atoms with Crippen molar-refractivity contribution in [3.05, 3.63) is 53.2 Å². The summed E-state index contributed by atoms with van der Waals surface area (Å²) in [7, 11) is 3.39. The highest BCUT2D eigenvalue weighted by Gasteiger charge is 2.16. The molecular formula is C14H16FN3O. The Morgan fingerprint density at radius 1 is 1.26 bits per heavy atom. The van der Waals surface area contributed by atoms with Gasteiger partial charge in [0.2, 0.25) is 5.88 Å². The Kier molecular flexibility index (Phi) is 4.06. The number of methoxy groups -OCH3 is 1. The molecule has 0 bridgehead atoms. The third-order valence-electron chi connectivity index (χ3n) is 3.00. The van der Waals surface area contributed by atoms with Gasteiger partial charge in [0, 0.05) is 6.07 Å². The number of halogens is 1. The molecule has 0 saturated carbocycles. The standard InChI is InChI=1S/C14H16FN3O/c1-9-6-10(15)4-5-11(9)14(16-2)12-7-13(19-3)18-8-17-12/h4-8,14,16H,1-3H3. The number of hydrogen-bond acceptors (Lipinski definition) is 4. The Labute approximate surface area is 111 Å². The molecule has 4 nitrogen and oxygen atoms in total. The van der Waals surface area contributed by atoms with Crippen LogP contribution in [0.2, 0.25) is 0 Å². The maximum absolute atomic E-state index is 13.2. The number of benzene rings is 1. The highest BCUT2D eigenvalue weighted by atomic mass is 19.1. The molecule has 0 aliphatic rings. The summed E-state index contributed by atoms with van der Waals surface area (Å²) in [5.41, 5.74) is 2.63. The lowest BCUT2D eigenvalue weighted by Gasteiger charge is -2.18. The van der Waals surface area contributed by atoms with Gasteiger partial charge in [-0.05, 0) is 37.2 Å². The van der Waals surface area contributed by atoms with E-state index in [1.807, 2.05) is 14.0 Å². The van der Waals surface area contributed by atoms with Gasteiger partial charge in [0.05, 0.1) is 18.8 Å². The van der Waals surface area contributed by atoms with E-state index in [-0.39, 0.29) is 11.9 Å². The molecule has 1 aromatic heterocycles. The number of nitrogens with zero attached hydrogens (tertiary/aromatic N) is 2. The van der Waals surface area contributed by atoms with Crippen LogP contribution in [0, 0.1) is 12.7 Å². The summed E-state index contributed by atoms with van der Waals surface area (Å²) >= 11 is 0. The third-order valence-corrected chi connectivity index (χ3v) is 3.00. The van der Waals surface area contributed by atoms with Gasteiger partial charge in [-0.25, -0.2) is 14.4 Å². The zero-order valence-corrected chi connectivity index (χ0v) is 11.1. The largest absolute Gasteiger partial charge is 0.481 e. The molecule has 0 aliphatic heterocycles. The van der Waals surface area contributed by atoms with Crippen LogP contribution < -0.4 is 10.1 Å². The van der Waals surface area contributed by atoms with Gasteiger partial charge in [-0.2, -0.15) is 0 Å². The summed E-state index contributed by atoms with van der Waals surface area (Å²) in [5.74, 6) is 0.265. The molecule has 0 fully saturated rings. The molecule has 5 heteroatoms. The molecule has 1 aromatic carbocycles. The Morgan fingerprint density at radius 2 is 2.05 bits per heavy atom. The minimum absolute atomic E-state index is 0.127. The average Bonchev–Trinajstić information content (AvgIpc) is 2.42. The molecule has 0 radical (unpaired) electrons. The number of aryl methyl sites for hydroxylation is 1. The van der Waals surface area contributed by atoms with Crippen molar-refractivity contribution in [1.29, 1.82) is 0 Å². The van der Waals surface area contributed by atoms with Crippen LogP contribution in [0.1, 0.15) is 22.9 Å². The Bertz CT molecular complexity index is 574. The quantitative estimate of drug-likeness (QED) is 0.917. The van der Waals surface area contributed by atoms with E-state index in [2.05, 4.69) is 15.3 Å². The topological polar surface area (TPSA) is 47.0 Å². The molecule has 19 heavy (non-hydrogen) atoms. The van der Waals surface area contributed by atoms with Gasteiger partial charge in [-0.3, -0.25) is 0 Å². The molecule has 1 N–H and O–H groups in total. The number of nitrogens with one attached hydrogen (secondary N) is 1. The molecule has 1 unspecified atom stereocenters. The molecule has 0 spiro atoms. The van der Waals surface area contributed by atoms with Crippen molar-refractivity contribution in [2.45, 2.75) is 13.0 Å². The normalized spacial score (nSPS) is 12.2. The number of hydrogen-bond donors (Lipinski definition) is 1. The second kappa shape index (κ2) is 5.75. The van der Waals surface area contributed by atoms with Crippen LogP contribution in [-0.4, -0.2) is 24.1 Å². The first-order valence-electron chi connectivity index (χ1n) is 5.95. The third kappa shape index (κ3) is 2.88. The summed E-state index contributed by atoms with van der Waals surface area (Å²) in [5, 5.41) is 3.18. The molecule has 100 valence electrons. The maximum atomic E-state index is 13.2. The van der Waals surface area contributed by atoms with E-state index in [9.17, 15) is 4.39 Å². The molecule has 2 aromatic rings. The van der Waals surface area contributed by atoms with Gasteiger partial charge in [0.25, 0.3) is 0 Å². The minimum atomic E-state index is -0.239. The fourth-order valence-corrected chi connectivity index (χ4v) is 2.05. The maximum Gasteiger partial charge on any atom is 0.216 e. The van der Waals surface area contributed by atoms with Crippen molar-refractivity contribution in [2.24, 2.45) is 0 Å². The van der Waals surface area contributed by atoms with E-state index in [0.29, 0.717) is 5.88 Å². The number of aromatic nitrogens is 2. The van der Waals surface area contributed by atoms with Crippen LogP contribution in [0.4, 0.5) is 4.39 Å². The second-order valence-electron chi connectivity index (χ2n) is 4.21. The van der Waals surface area contributed by atoms with E-state index >= 15 is 0 Å². The van der Waals surface area contributed by atoms with E-state index in [1.165, 1.54) is 18.5 Å². The van der Waals surface area contributed by atoms with Gasteiger partial charge >= 0.3 is 0 Å². The van der Waals surface area contributed by atoms with Gasteiger partial charge in [-0.15, -0.1) is 0 Å². The first kappa shape index (κ1) is 13.4. The van der Waals surface area contributed by atoms with Crippen LogP contribution in [0.25, 0.3) is 0 Å². The van der Waals surface area contributed by atoms with Crippen molar-refractivity contribution >= 4 is 0 Å². The fourth-order valence-electron chi connectivity index (χ4n) is 2.05. The van der Waals surface area contributed by atoms with Crippen LogP contribution in [0.5, 0.6) is 5.88 Å². The predicted molar refractivity (Wildman–Crippen MR) is 70.6 cm³/mol. The van der Waals surface area contributed by atoms with Crippen molar-refractivity contribution in [3.63, 3.8) is 0 Å². The summed E-state index contributed by atoms with van der Waals surface area (Å²) in [4.78, 5) is 8.23. The van der Waals surface area contributed by atoms with Crippen LogP contribution in [0.15, 0.2) is 30.6 Å². The lowest BCUT2D eigenvalue weighted by Crippen LogP contribution is -2.20. The highest BCUT2D eigenvalue weighted by Crippen LogP contribution is 2.25. The zero-order chi connectivity index (χ0) is 13.8. The van der Waals surface area contributed by atoms with E-state index < -0.39 is 0 Å². The molecule has 1 atom stereocenters. The molecular weight excluding hydrogens is 245 g/mol. The first-order chi connectivity index (χ1) is 9.15. The second-order valence-corrected chi connectivity index (χ2v) is 4.21. The lowest BCUT2D eigenvalue weighted by molar-refractivity contribution is 0.395. The lowest BCUT2D eigenvalue weighted by atomic mass is 9.98. The summed E-state index contributed by atoms with van der Waals surface area (Å²) < 4.78 is 18.3. The highest BCUT2D eigenvalue weighted by molar-refractivity contribution is 5.35. The van der Waals surface area contributed by atoms with Crippen molar-refractivity contribution in [3.8, 4) is 5.88 Å². The molecule has 1 heterocycles. The van der Waals surface area contributed by atoms with Gasteiger partial charge < -0.3 is 10.1 Å². The van der Waals surface area contributed by atoms with Crippen molar-refractivity contribution in [2.75, 3.05) is 14.2 Å². The van der Waals surface area contributed by atoms with E-state index in [0.717, 1.165) is 16.8 Å². The number of rotatable bonds is 4. The van der Waals surface area contributed by atoms with Gasteiger partial charge in [-0.1, -0.05) is 6.07 Å². The molecule has 2 rings (SSSR count). The van der Waals surface area contributed by atoms with Crippen LogP contribution >= 0.6 is 0 Å². The summed E-state index contributed by atoms with van der Waals surface area (Å²) in [6.45, 7) is 1.88. The molecule has 0 amide bonds. The SMILES string of the molecule is CNC(c1cc(OC)ncn1)c1ccc(F)cc1C. The van der Waals surface area contributed by atoms with Crippen LogP contribution in [-0.2, 0) is 0 Å². The molecule has 0 aliphatic carbocycles. The molecule has 0 saturated heterocycles. The first-order valence-corrected chi connectivity index (χ1v) is 5.95.